The molecule has 1 aromatic rings. The second-order valence-electron chi connectivity index (χ2n) is 6.96. The first-order valence-corrected chi connectivity index (χ1v) is 9.53. The zero-order valence-corrected chi connectivity index (χ0v) is 16.3. The highest BCUT2D eigenvalue weighted by molar-refractivity contribution is 6.30. The molecule has 1 saturated heterocycles. The second-order valence-corrected chi connectivity index (χ2v) is 7.40. The summed E-state index contributed by atoms with van der Waals surface area (Å²) in [6, 6.07) is 8.49. The maximum atomic E-state index is 12.5. The van der Waals surface area contributed by atoms with E-state index in [2.05, 4.69) is 24.0 Å². The van der Waals surface area contributed by atoms with Gasteiger partial charge in [0.25, 0.3) is 0 Å². The van der Waals surface area contributed by atoms with Crippen molar-refractivity contribution < 1.29 is 14.3 Å². The Morgan fingerprint density at radius 1 is 1.28 bits per heavy atom. The predicted molar refractivity (Wildman–Crippen MR) is 101 cm³/mol. The molecular weight excluding hydrogens is 338 g/mol. The van der Waals surface area contributed by atoms with E-state index in [1.54, 1.807) is 7.11 Å². The van der Waals surface area contributed by atoms with Crippen molar-refractivity contribution in [2.75, 3.05) is 33.4 Å². The summed E-state index contributed by atoms with van der Waals surface area (Å²) in [6.07, 6.45) is 3.39. The largest absolute Gasteiger partial charge is 0.466 e. The van der Waals surface area contributed by atoms with Gasteiger partial charge in [0.2, 0.25) is 0 Å². The number of hydrogen-bond donors (Lipinski definition) is 0. The third-order valence-electron chi connectivity index (χ3n) is 5.32. The maximum Gasteiger partial charge on any atom is 0.312 e. The summed E-state index contributed by atoms with van der Waals surface area (Å²) in [6.45, 7) is 6.98. The van der Waals surface area contributed by atoms with Gasteiger partial charge in [0.05, 0.1) is 12.0 Å². The molecule has 4 nitrogen and oxygen atoms in total. The van der Waals surface area contributed by atoms with Crippen LogP contribution in [0.25, 0.3) is 0 Å². The fraction of sp³-hybridized carbons (Fsp3) is 0.650. The van der Waals surface area contributed by atoms with Gasteiger partial charge in [-0.15, -0.1) is 0 Å². The zero-order valence-electron chi connectivity index (χ0n) is 15.6. The van der Waals surface area contributed by atoms with Crippen molar-refractivity contribution in [1.29, 1.82) is 0 Å². The van der Waals surface area contributed by atoms with Gasteiger partial charge in [0, 0.05) is 24.8 Å². The molecule has 0 bridgehead atoms. The highest BCUT2D eigenvalue weighted by Crippen LogP contribution is 2.37. The number of benzene rings is 1. The number of likely N-dealkylation sites (tertiary alicyclic amines) is 1. The van der Waals surface area contributed by atoms with E-state index in [-0.39, 0.29) is 11.4 Å². The van der Waals surface area contributed by atoms with Gasteiger partial charge in [-0.3, -0.25) is 4.79 Å². The first-order chi connectivity index (χ1) is 12.0. The lowest BCUT2D eigenvalue weighted by Gasteiger charge is -2.42. The molecule has 2 rings (SSSR count). The number of ether oxygens (including phenoxy) is 2. The smallest absolute Gasteiger partial charge is 0.312 e. The van der Waals surface area contributed by atoms with Crippen LogP contribution in [0, 0.1) is 5.41 Å². The molecule has 140 valence electrons. The molecule has 0 aromatic heterocycles. The van der Waals surface area contributed by atoms with Crippen molar-refractivity contribution in [3.63, 3.8) is 0 Å². The van der Waals surface area contributed by atoms with E-state index in [0.29, 0.717) is 19.3 Å². The summed E-state index contributed by atoms with van der Waals surface area (Å²) in [5.74, 6) is -0.0583. The lowest BCUT2D eigenvalue weighted by molar-refractivity contribution is -0.160. The SMILES string of the molecule is CCOC(=O)C1(CCOC)CCN([C@H](C)Cc2ccc(Cl)cc2)CC1. The van der Waals surface area contributed by atoms with E-state index >= 15 is 0 Å². The fourth-order valence-corrected chi connectivity index (χ4v) is 3.75. The minimum absolute atomic E-state index is 0.0583. The summed E-state index contributed by atoms with van der Waals surface area (Å²) in [5.41, 5.74) is 0.904. The van der Waals surface area contributed by atoms with Crippen LogP contribution in [-0.4, -0.2) is 50.3 Å². The number of methoxy groups -OCH3 is 1. The fourth-order valence-electron chi connectivity index (χ4n) is 3.62. The topological polar surface area (TPSA) is 38.8 Å². The van der Waals surface area contributed by atoms with Crippen molar-refractivity contribution in [2.45, 2.75) is 45.6 Å². The van der Waals surface area contributed by atoms with Crippen LogP contribution in [0.5, 0.6) is 0 Å². The maximum absolute atomic E-state index is 12.5. The Bertz CT molecular complexity index is 538. The molecule has 1 aliphatic rings. The van der Waals surface area contributed by atoms with Crippen molar-refractivity contribution in [1.82, 2.24) is 4.90 Å². The number of rotatable bonds is 8. The Labute approximate surface area is 156 Å². The molecule has 0 saturated carbocycles. The lowest BCUT2D eigenvalue weighted by Crippen LogP contribution is -2.48. The average molecular weight is 368 g/mol. The van der Waals surface area contributed by atoms with E-state index < -0.39 is 0 Å². The number of nitrogens with zero attached hydrogens (tertiary/aromatic N) is 1. The van der Waals surface area contributed by atoms with Crippen LogP contribution < -0.4 is 0 Å². The van der Waals surface area contributed by atoms with Crippen molar-refractivity contribution in [3.05, 3.63) is 34.9 Å². The summed E-state index contributed by atoms with van der Waals surface area (Å²) in [5, 5.41) is 0.770. The number of hydrogen-bond acceptors (Lipinski definition) is 4. The van der Waals surface area contributed by atoms with Gasteiger partial charge in [-0.1, -0.05) is 23.7 Å². The van der Waals surface area contributed by atoms with Gasteiger partial charge in [0.15, 0.2) is 0 Å². The Morgan fingerprint density at radius 2 is 1.92 bits per heavy atom. The number of carbonyl (C=O) groups is 1. The van der Waals surface area contributed by atoms with Crippen LogP contribution in [-0.2, 0) is 20.7 Å². The Hall–Kier alpha value is -1.10. The molecule has 1 aromatic carbocycles. The van der Waals surface area contributed by atoms with Crippen LogP contribution in [0.3, 0.4) is 0 Å². The molecule has 1 heterocycles. The number of halogens is 1. The molecule has 5 heteroatoms. The van der Waals surface area contributed by atoms with Crippen LogP contribution >= 0.6 is 11.6 Å². The van der Waals surface area contributed by atoms with Gasteiger partial charge in [-0.05, 0) is 70.3 Å². The van der Waals surface area contributed by atoms with E-state index in [1.165, 1.54) is 5.56 Å². The third-order valence-corrected chi connectivity index (χ3v) is 5.57. The van der Waals surface area contributed by atoms with Gasteiger partial charge in [-0.25, -0.2) is 0 Å². The monoisotopic (exact) mass is 367 g/mol. The van der Waals surface area contributed by atoms with E-state index in [9.17, 15) is 4.79 Å². The Balaban J connectivity index is 1.95. The third kappa shape index (κ3) is 5.44. The molecule has 25 heavy (non-hydrogen) atoms. The minimum Gasteiger partial charge on any atom is -0.466 e. The molecule has 1 aliphatic heterocycles. The van der Waals surface area contributed by atoms with Crippen molar-refractivity contribution in [3.8, 4) is 0 Å². The zero-order chi connectivity index (χ0) is 18.3. The van der Waals surface area contributed by atoms with Crippen molar-refractivity contribution >= 4 is 17.6 Å². The molecule has 0 spiro atoms. The van der Waals surface area contributed by atoms with Gasteiger partial charge in [-0.2, -0.15) is 0 Å². The minimum atomic E-state index is -0.386. The summed E-state index contributed by atoms with van der Waals surface area (Å²) < 4.78 is 10.6. The first kappa shape index (κ1) is 20.2. The van der Waals surface area contributed by atoms with Crippen LogP contribution in [0.4, 0.5) is 0 Å². The molecule has 1 fully saturated rings. The first-order valence-electron chi connectivity index (χ1n) is 9.15. The van der Waals surface area contributed by atoms with Gasteiger partial charge in [0.1, 0.15) is 0 Å². The second kappa shape index (κ2) is 9.56. The molecule has 0 unspecified atom stereocenters. The standard InChI is InChI=1S/C20H30ClNO3/c1-4-25-19(23)20(11-14-24-3)9-12-22(13-10-20)16(2)15-17-5-7-18(21)8-6-17/h5-8,16H,4,9-15H2,1-3H3/t16-/m1/s1. The van der Waals surface area contributed by atoms with Crippen molar-refractivity contribution in [2.24, 2.45) is 5.41 Å². The van der Waals surface area contributed by atoms with Crippen LogP contribution in [0.1, 0.15) is 38.7 Å². The van der Waals surface area contributed by atoms with Crippen LogP contribution in [0.2, 0.25) is 5.02 Å². The predicted octanol–water partition coefficient (Wildman–Crippen LogP) is 3.95. The Morgan fingerprint density at radius 3 is 2.48 bits per heavy atom. The number of esters is 1. The highest BCUT2D eigenvalue weighted by Gasteiger charge is 2.42. The average Bonchev–Trinajstić information content (AvgIpc) is 2.62. The lowest BCUT2D eigenvalue weighted by atomic mass is 9.75. The van der Waals surface area contributed by atoms with Gasteiger partial charge < -0.3 is 14.4 Å². The molecule has 0 aliphatic carbocycles. The molecule has 0 radical (unpaired) electrons. The number of piperidine rings is 1. The molecule has 1 atom stereocenters. The summed E-state index contributed by atoms with van der Waals surface area (Å²) in [4.78, 5) is 15.0. The van der Waals surface area contributed by atoms with E-state index in [4.69, 9.17) is 21.1 Å². The van der Waals surface area contributed by atoms with Crippen LogP contribution in [0.15, 0.2) is 24.3 Å². The van der Waals surface area contributed by atoms with Gasteiger partial charge >= 0.3 is 5.97 Å². The molecule has 0 N–H and O–H groups in total. The summed E-state index contributed by atoms with van der Waals surface area (Å²) >= 11 is 5.96. The van der Waals surface area contributed by atoms with E-state index in [0.717, 1.165) is 43.8 Å². The Kier molecular flexibility index (Phi) is 7.73. The normalized spacial score (nSPS) is 18.7. The quantitative estimate of drug-likeness (QED) is 0.652. The summed E-state index contributed by atoms with van der Waals surface area (Å²) in [7, 11) is 1.68. The number of carbonyl (C=O) groups excluding carboxylic acids is 1. The van der Waals surface area contributed by atoms with E-state index in [1.807, 2.05) is 19.1 Å². The molecule has 0 amide bonds. The highest BCUT2D eigenvalue weighted by atomic mass is 35.5. The molecular formula is C20H30ClNO3.